The van der Waals surface area contributed by atoms with Gasteiger partial charge < -0.3 is 60.0 Å². The molecule has 0 aromatic rings. The molecule has 0 saturated carbocycles. The molecule has 2 aliphatic rings. The molecule has 0 aliphatic carbocycles. The van der Waals surface area contributed by atoms with Crippen molar-refractivity contribution in [1.82, 2.24) is 5.32 Å². The molecule has 8 N–H and O–H groups in total. The van der Waals surface area contributed by atoms with E-state index in [1.54, 1.807) is 0 Å². The second-order valence-corrected chi connectivity index (χ2v) is 7.41. The maximum Gasteiger partial charge on any atom is 0.332 e. The van der Waals surface area contributed by atoms with Crippen LogP contribution in [-0.4, -0.2) is 129 Å². The van der Waals surface area contributed by atoms with Gasteiger partial charge in [-0.1, -0.05) is 0 Å². The SMILES string of the molecule is CC(=O)NC1C(O)CC(OC=O)(OC2C(O)COC(CO)C2O)OC1C(O)[C@H](O)CO. The molecule has 0 spiro atoms. The molecule has 14 heteroatoms. The van der Waals surface area contributed by atoms with E-state index < -0.39 is 86.4 Å². The molecule has 2 rings (SSSR count). The predicted molar refractivity (Wildman–Crippen MR) is 95.8 cm³/mol. The van der Waals surface area contributed by atoms with Gasteiger partial charge in [-0.15, -0.1) is 0 Å². The van der Waals surface area contributed by atoms with Crippen molar-refractivity contribution < 1.29 is 64.3 Å². The van der Waals surface area contributed by atoms with Crippen LogP contribution in [-0.2, 0) is 28.5 Å². The number of rotatable bonds is 9. The van der Waals surface area contributed by atoms with Crippen molar-refractivity contribution in [2.45, 2.75) is 74.2 Å². The minimum atomic E-state index is -2.47. The number of hydrogen-bond acceptors (Lipinski definition) is 13. The molecular formula is C17H29NO13. The summed E-state index contributed by atoms with van der Waals surface area (Å²) in [7, 11) is 0. The van der Waals surface area contributed by atoms with Gasteiger partial charge in [-0.2, -0.15) is 0 Å². The first-order chi connectivity index (χ1) is 14.6. The molecule has 0 aromatic carbocycles. The number of amides is 1. The van der Waals surface area contributed by atoms with Crippen LogP contribution in [0.25, 0.3) is 0 Å². The molecule has 14 nitrogen and oxygen atoms in total. The standard InChI is InChI=1S/C17H29NO13/c1-7(22)18-12-8(23)2-17(29-6-21,31-16(12)13(26)9(24)3-19)30-15-10(25)5-28-11(4-20)14(15)27/h6,8-16,19-20,23-27H,2-5H2,1H3,(H,18,22)/t8?,9-,10?,11?,12?,13?,14?,15?,16?,17?/m1/s1. The summed E-state index contributed by atoms with van der Waals surface area (Å²) in [6.07, 6.45) is -13.2. The van der Waals surface area contributed by atoms with Gasteiger partial charge >= 0.3 is 5.97 Å². The van der Waals surface area contributed by atoms with E-state index in [0.717, 1.165) is 6.92 Å². The van der Waals surface area contributed by atoms with Gasteiger partial charge in [0.1, 0.15) is 42.7 Å². The van der Waals surface area contributed by atoms with Crippen molar-refractivity contribution in [3.05, 3.63) is 0 Å². The summed E-state index contributed by atoms with van der Waals surface area (Å²) < 4.78 is 21.0. The minimum Gasteiger partial charge on any atom is -0.410 e. The lowest BCUT2D eigenvalue weighted by Crippen LogP contribution is -2.68. The quantitative estimate of drug-likeness (QED) is 0.120. The first-order valence-corrected chi connectivity index (χ1v) is 9.57. The molecule has 0 radical (unpaired) electrons. The lowest BCUT2D eigenvalue weighted by Gasteiger charge is -2.49. The summed E-state index contributed by atoms with van der Waals surface area (Å²) >= 11 is 0. The normalized spacial score (nSPS) is 40.6. The van der Waals surface area contributed by atoms with E-state index in [1.165, 1.54) is 0 Å². The number of nitrogens with one attached hydrogen (secondary N) is 1. The van der Waals surface area contributed by atoms with E-state index >= 15 is 0 Å². The molecule has 2 heterocycles. The molecule has 10 atom stereocenters. The van der Waals surface area contributed by atoms with Crippen LogP contribution in [0.4, 0.5) is 0 Å². The first-order valence-electron chi connectivity index (χ1n) is 9.57. The molecule has 9 unspecified atom stereocenters. The van der Waals surface area contributed by atoms with Gasteiger partial charge in [0, 0.05) is 6.92 Å². The van der Waals surface area contributed by atoms with Crippen LogP contribution in [0.2, 0.25) is 0 Å². The molecule has 2 saturated heterocycles. The Labute approximate surface area is 176 Å². The Morgan fingerprint density at radius 1 is 1.26 bits per heavy atom. The van der Waals surface area contributed by atoms with Crippen molar-refractivity contribution in [1.29, 1.82) is 0 Å². The lowest BCUT2D eigenvalue weighted by atomic mass is 9.91. The molecule has 1 amide bonds. The van der Waals surface area contributed by atoms with Crippen LogP contribution in [0.5, 0.6) is 0 Å². The van der Waals surface area contributed by atoms with E-state index in [-0.39, 0.29) is 13.1 Å². The van der Waals surface area contributed by atoms with E-state index in [0.29, 0.717) is 0 Å². The molecule has 2 fully saturated rings. The highest BCUT2D eigenvalue weighted by atomic mass is 16.9. The number of carbonyl (C=O) groups excluding carboxylic acids is 2. The van der Waals surface area contributed by atoms with Crippen molar-refractivity contribution in [3.63, 3.8) is 0 Å². The van der Waals surface area contributed by atoms with Crippen molar-refractivity contribution in [2.24, 2.45) is 0 Å². The van der Waals surface area contributed by atoms with Crippen LogP contribution in [0.1, 0.15) is 13.3 Å². The fourth-order valence-corrected chi connectivity index (χ4v) is 3.58. The minimum absolute atomic E-state index is 0.0982. The van der Waals surface area contributed by atoms with Gasteiger partial charge in [0.15, 0.2) is 0 Å². The number of ether oxygens (including phenoxy) is 4. The average Bonchev–Trinajstić information content (AvgIpc) is 2.72. The van der Waals surface area contributed by atoms with Crippen LogP contribution >= 0.6 is 0 Å². The summed E-state index contributed by atoms with van der Waals surface area (Å²) in [6.45, 7) is -0.840. The Hall–Kier alpha value is -1.46. The second-order valence-electron chi connectivity index (χ2n) is 7.41. The average molecular weight is 455 g/mol. The van der Waals surface area contributed by atoms with E-state index in [1.807, 2.05) is 0 Å². The number of aliphatic hydroxyl groups is 7. The third kappa shape index (κ3) is 5.87. The molecule has 0 bridgehead atoms. The van der Waals surface area contributed by atoms with Crippen LogP contribution in [0, 0.1) is 0 Å². The first kappa shape index (κ1) is 25.8. The highest BCUT2D eigenvalue weighted by Crippen LogP contribution is 2.36. The van der Waals surface area contributed by atoms with Crippen LogP contribution < -0.4 is 5.32 Å². The van der Waals surface area contributed by atoms with Crippen molar-refractivity contribution in [3.8, 4) is 0 Å². The molecule has 180 valence electrons. The highest BCUT2D eigenvalue weighted by molar-refractivity contribution is 5.73. The summed E-state index contributed by atoms with van der Waals surface area (Å²) in [6, 6.07) is -1.31. The maximum atomic E-state index is 11.5. The monoisotopic (exact) mass is 455 g/mol. The smallest absolute Gasteiger partial charge is 0.332 e. The van der Waals surface area contributed by atoms with Gasteiger partial charge in [-0.25, -0.2) is 0 Å². The Balaban J connectivity index is 2.36. The van der Waals surface area contributed by atoms with E-state index in [9.17, 15) is 40.2 Å². The van der Waals surface area contributed by atoms with Crippen LogP contribution in [0.15, 0.2) is 0 Å². The fraction of sp³-hybridized carbons (Fsp3) is 0.882. The Kier molecular flexibility index (Phi) is 9.08. The lowest BCUT2D eigenvalue weighted by molar-refractivity contribution is -0.434. The van der Waals surface area contributed by atoms with Crippen molar-refractivity contribution in [2.75, 3.05) is 19.8 Å². The molecule has 31 heavy (non-hydrogen) atoms. The Morgan fingerprint density at radius 3 is 2.48 bits per heavy atom. The predicted octanol–water partition coefficient (Wildman–Crippen LogP) is -5.32. The number of carbonyl (C=O) groups is 2. The zero-order chi connectivity index (χ0) is 23.3. The maximum absolute atomic E-state index is 11.5. The summed E-state index contributed by atoms with van der Waals surface area (Å²) in [5.41, 5.74) is 0. The zero-order valence-corrected chi connectivity index (χ0v) is 16.7. The second kappa shape index (κ2) is 10.9. The zero-order valence-electron chi connectivity index (χ0n) is 16.7. The highest BCUT2D eigenvalue weighted by Gasteiger charge is 2.56. The fourth-order valence-electron chi connectivity index (χ4n) is 3.58. The van der Waals surface area contributed by atoms with Crippen LogP contribution in [0.3, 0.4) is 0 Å². The van der Waals surface area contributed by atoms with Gasteiger partial charge in [0.05, 0.1) is 38.4 Å². The molecular weight excluding hydrogens is 426 g/mol. The van der Waals surface area contributed by atoms with Gasteiger partial charge in [0.2, 0.25) is 5.91 Å². The van der Waals surface area contributed by atoms with E-state index in [2.05, 4.69) is 5.32 Å². The molecule has 0 aromatic heterocycles. The third-order valence-corrected chi connectivity index (χ3v) is 5.13. The molecule has 2 aliphatic heterocycles. The topological polar surface area (TPSA) is 225 Å². The Bertz CT molecular complexity index is 609. The van der Waals surface area contributed by atoms with Gasteiger partial charge in [-0.3, -0.25) is 9.59 Å². The number of aliphatic hydroxyl groups excluding tert-OH is 7. The van der Waals surface area contributed by atoms with E-state index in [4.69, 9.17) is 24.1 Å². The summed E-state index contributed by atoms with van der Waals surface area (Å²) in [4.78, 5) is 22.7. The Morgan fingerprint density at radius 2 is 1.94 bits per heavy atom. The number of hydrogen-bond donors (Lipinski definition) is 8. The summed E-state index contributed by atoms with van der Waals surface area (Å²) in [5.74, 6) is -3.09. The third-order valence-electron chi connectivity index (χ3n) is 5.13. The largest absolute Gasteiger partial charge is 0.410 e. The van der Waals surface area contributed by atoms with Gasteiger partial charge in [-0.05, 0) is 0 Å². The summed E-state index contributed by atoms with van der Waals surface area (Å²) in [5, 5.41) is 72.1. The van der Waals surface area contributed by atoms with Gasteiger partial charge in [0.25, 0.3) is 6.47 Å². The van der Waals surface area contributed by atoms with Crippen molar-refractivity contribution >= 4 is 12.4 Å².